The highest BCUT2D eigenvalue weighted by atomic mass is 16.3. The molecule has 0 saturated carbocycles. The van der Waals surface area contributed by atoms with Crippen LogP contribution in [0.3, 0.4) is 0 Å². The minimum absolute atomic E-state index is 0.454. The number of nitrogens with one attached hydrogen (secondary N) is 1. The van der Waals surface area contributed by atoms with E-state index in [4.69, 9.17) is 4.42 Å². The zero-order valence-electron chi connectivity index (χ0n) is 10.3. The lowest BCUT2D eigenvalue weighted by atomic mass is 9.99. The van der Waals surface area contributed by atoms with Crippen LogP contribution in [0.4, 0.5) is 0 Å². The molecule has 1 aromatic heterocycles. The average Bonchev–Trinajstić information content (AvgIpc) is 2.59. The predicted octanol–water partition coefficient (Wildman–Crippen LogP) is 3.67. The highest BCUT2D eigenvalue weighted by Crippen LogP contribution is 2.22. The fraction of sp³-hybridized carbons (Fsp3) is 0.692. The zero-order chi connectivity index (χ0) is 11.3. The SMILES string of the molecule is CCNC(CCC(C)C)c1coc(C)c1. The smallest absolute Gasteiger partial charge is 0.101 e. The van der Waals surface area contributed by atoms with Crippen LogP contribution >= 0.6 is 0 Å². The fourth-order valence-electron chi connectivity index (χ4n) is 1.78. The van der Waals surface area contributed by atoms with Gasteiger partial charge in [-0.3, -0.25) is 0 Å². The Kier molecular flexibility index (Phi) is 4.89. The van der Waals surface area contributed by atoms with Crippen LogP contribution in [-0.4, -0.2) is 6.54 Å². The van der Waals surface area contributed by atoms with E-state index in [9.17, 15) is 0 Å². The van der Waals surface area contributed by atoms with Gasteiger partial charge in [0.25, 0.3) is 0 Å². The number of furan rings is 1. The van der Waals surface area contributed by atoms with Crippen molar-refractivity contribution >= 4 is 0 Å². The molecule has 0 aliphatic rings. The molecule has 0 saturated heterocycles. The molecule has 0 spiro atoms. The Hall–Kier alpha value is -0.760. The Morgan fingerprint density at radius 2 is 2.07 bits per heavy atom. The molecule has 2 heteroatoms. The lowest BCUT2D eigenvalue weighted by molar-refractivity contribution is 0.443. The van der Waals surface area contributed by atoms with Gasteiger partial charge in [0.15, 0.2) is 0 Å². The summed E-state index contributed by atoms with van der Waals surface area (Å²) in [5.41, 5.74) is 1.29. The molecule has 0 fully saturated rings. The van der Waals surface area contributed by atoms with Crippen LogP contribution in [0.15, 0.2) is 16.7 Å². The lowest BCUT2D eigenvalue weighted by Crippen LogP contribution is -2.20. The third kappa shape index (κ3) is 4.08. The van der Waals surface area contributed by atoms with Gasteiger partial charge in [0.05, 0.1) is 6.26 Å². The molecule has 0 amide bonds. The van der Waals surface area contributed by atoms with Crippen molar-refractivity contribution in [3.05, 3.63) is 23.7 Å². The Labute approximate surface area is 93.1 Å². The molecule has 1 N–H and O–H groups in total. The van der Waals surface area contributed by atoms with Gasteiger partial charge in [0.1, 0.15) is 5.76 Å². The largest absolute Gasteiger partial charge is 0.469 e. The molecule has 1 aromatic rings. The molecule has 1 rings (SSSR count). The standard InChI is InChI=1S/C13H23NO/c1-5-14-13(7-6-10(2)3)12-8-11(4)15-9-12/h8-10,13-14H,5-7H2,1-4H3. The molecule has 0 aliphatic carbocycles. The van der Waals surface area contributed by atoms with Gasteiger partial charge in [-0.2, -0.15) is 0 Å². The Balaban J connectivity index is 2.57. The number of aryl methyl sites for hydroxylation is 1. The summed E-state index contributed by atoms with van der Waals surface area (Å²) in [7, 11) is 0. The first-order valence-electron chi connectivity index (χ1n) is 5.92. The van der Waals surface area contributed by atoms with E-state index in [0.29, 0.717) is 6.04 Å². The maximum Gasteiger partial charge on any atom is 0.101 e. The molecular weight excluding hydrogens is 186 g/mol. The molecular formula is C13H23NO. The van der Waals surface area contributed by atoms with Crippen LogP contribution in [0.25, 0.3) is 0 Å². The molecule has 1 heterocycles. The van der Waals surface area contributed by atoms with Crippen molar-refractivity contribution in [1.29, 1.82) is 0 Å². The topological polar surface area (TPSA) is 25.2 Å². The second kappa shape index (κ2) is 5.96. The summed E-state index contributed by atoms with van der Waals surface area (Å²) in [6.07, 6.45) is 4.31. The summed E-state index contributed by atoms with van der Waals surface area (Å²) in [4.78, 5) is 0. The van der Waals surface area contributed by atoms with Crippen molar-refractivity contribution in [1.82, 2.24) is 5.32 Å². The van der Waals surface area contributed by atoms with Crippen LogP contribution in [-0.2, 0) is 0 Å². The van der Waals surface area contributed by atoms with Crippen LogP contribution < -0.4 is 5.32 Å². The van der Waals surface area contributed by atoms with Crippen molar-refractivity contribution in [2.75, 3.05) is 6.54 Å². The van der Waals surface area contributed by atoms with Crippen LogP contribution in [0.5, 0.6) is 0 Å². The average molecular weight is 209 g/mol. The Morgan fingerprint density at radius 3 is 2.53 bits per heavy atom. The van der Waals surface area contributed by atoms with Crippen molar-refractivity contribution in [2.24, 2.45) is 5.92 Å². The molecule has 0 radical (unpaired) electrons. The normalized spacial score (nSPS) is 13.4. The van der Waals surface area contributed by atoms with E-state index in [1.165, 1.54) is 18.4 Å². The highest BCUT2D eigenvalue weighted by molar-refractivity contribution is 5.16. The summed E-state index contributed by atoms with van der Waals surface area (Å²) >= 11 is 0. The van der Waals surface area contributed by atoms with Gasteiger partial charge >= 0.3 is 0 Å². The summed E-state index contributed by atoms with van der Waals surface area (Å²) in [6, 6.07) is 2.59. The monoisotopic (exact) mass is 209 g/mol. The van der Waals surface area contributed by atoms with Gasteiger partial charge < -0.3 is 9.73 Å². The van der Waals surface area contributed by atoms with Gasteiger partial charge in [-0.1, -0.05) is 20.8 Å². The summed E-state index contributed by atoms with van der Waals surface area (Å²) in [6.45, 7) is 9.69. The quantitative estimate of drug-likeness (QED) is 0.773. The van der Waals surface area contributed by atoms with Crippen LogP contribution in [0.2, 0.25) is 0 Å². The third-order valence-electron chi connectivity index (χ3n) is 2.64. The first-order chi connectivity index (χ1) is 7.13. The Bertz CT molecular complexity index is 278. The van der Waals surface area contributed by atoms with Crippen molar-refractivity contribution in [3.63, 3.8) is 0 Å². The van der Waals surface area contributed by atoms with Gasteiger partial charge in [0.2, 0.25) is 0 Å². The third-order valence-corrected chi connectivity index (χ3v) is 2.64. The van der Waals surface area contributed by atoms with Crippen molar-refractivity contribution < 1.29 is 4.42 Å². The number of rotatable bonds is 6. The first-order valence-corrected chi connectivity index (χ1v) is 5.92. The zero-order valence-corrected chi connectivity index (χ0v) is 10.3. The fourth-order valence-corrected chi connectivity index (χ4v) is 1.78. The minimum atomic E-state index is 0.454. The molecule has 0 aromatic carbocycles. The molecule has 0 aliphatic heterocycles. The van der Waals surface area contributed by atoms with E-state index in [2.05, 4.69) is 32.2 Å². The molecule has 86 valence electrons. The summed E-state index contributed by atoms with van der Waals surface area (Å²) < 4.78 is 5.36. The van der Waals surface area contributed by atoms with Crippen molar-refractivity contribution in [3.8, 4) is 0 Å². The Morgan fingerprint density at radius 1 is 1.33 bits per heavy atom. The van der Waals surface area contributed by atoms with Gasteiger partial charge in [-0.25, -0.2) is 0 Å². The predicted molar refractivity (Wildman–Crippen MR) is 63.9 cm³/mol. The van der Waals surface area contributed by atoms with Gasteiger partial charge in [-0.15, -0.1) is 0 Å². The second-order valence-corrected chi connectivity index (χ2v) is 4.57. The van der Waals surface area contributed by atoms with Crippen LogP contribution in [0.1, 0.15) is 51.0 Å². The van der Waals surface area contributed by atoms with Gasteiger partial charge in [0, 0.05) is 11.6 Å². The summed E-state index contributed by atoms with van der Waals surface area (Å²) in [5.74, 6) is 1.76. The number of hydrogen-bond donors (Lipinski definition) is 1. The van der Waals surface area contributed by atoms with E-state index in [-0.39, 0.29) is 0 Å². The maximum atomic E-state index is 5.36. The number of hydrogen-bond acceptors (Lipinski definition) is 2. The molecule has 2 nitrogen and oxygen atoms in total. The summed E-state index contributed by atoms with van der Waals surface area (Å²) in [5, 5.41) is 3.51. The molecule has 1 unspecified atom stereocenters. The van der Waals surface area contributed by atoms with E-state index in [1.807, 2.05) is 13.2 Å². The molecule has 0 bridgehead atoms. The first kappa shape index (κ1) is 12.3. The minimum Gasteiger partial charge on any atom is -0.469 e. The van der Waals surface area contributed by atoms with E-state index in [0.717, 1.165) is 18.2 Å². The van der Waals surface area contributed by atoms with E-state index in [1.54, 1.807) is 0 Å². The van der Waals surface area contributed by atoms with E-state index >= 15 is 0 Å². The van der Waals surface area contributed by atoms with Crippen molar-refractivity contribution in [2.45, 2.75) is 46.6 Å². The molecule has 15 heavy (non-hydrogen) atoms. The second-order valence-electron chi connectivity index (χ2n) is 4.57. The van der Waals surface area contributed by atoms with Crippen LogP contribution in [0, 0.1) is 12.8 Å². The maximum absolute atomic E-state index is 5.36. The van der Waals surface area contributed by atoms with E-state index < -0.39 is 0 Å². The lowest BCUT2D eigenvalue weighted by Gasteiger charge is -2.17. The highest BCUT2D eigenvalue weighted by Gasteiger charge is 2.12. The molecule has 1 atom stereocenters. The van der Waals surface area contributed by atoms with Gasteiger partial charge in [-0.05, 0) is 38.3 Å².